The van der Waals surface area contributed by atoms with Gasteiger partial charge in [0, 0.05) is 17.5 Å². The van der Waals surface area contributed by atoms with Crippen LogP contribution in [-0.4, -0.2) is 15.0 Å². The Labute approximate surface area is 184 Å². The predicted octanol–water partition coefficient (Wildman–Crippen LogP) is 7.63. The number of nitrogens with one attached hydrogen (secondary N) is 1. The minimum Gasteiger partial charge on any atom is -0.342 e. The molecule has 0 aliphatic heterocycles. The Morgan fingerprint density at radius 3 is 2.57 bits per heavy atom. The van der Waals surface area contributed by atoms with Crippen LogP contribution in [0.3, 0.4) is 0 Å². The van der Waals surface area contributed by atoms with Crippen molar-refractivity contribution in [3.8, 4) is 0 Å². The number of H-pyrrole nitrogens is 1. The number of halogens is 3. The van der Waals surface area contributed by atoms with Gasteiger partial charge in [0.05, 0.1) is 26.6 Å². The van der Waals surface area contributed by atoms with Crippen LogP contribution in [0.5, 0.6) is 0 Å². The maximum atomic E-state index is 13.8. The molecule has 1 saturated carbocycles. The maximum Gasteiger partial charge on any atom is 0.123 e. The van der Waals surface area contributed by atoms with Crippen LogP contribution in [0.15, 0.2) is 42.6 Å². The summed E-state index contributed by atoms with van der Waals surface area (Å²) in [6.45, 7) is 2.24. The lowest BCUT2D eigenvalue weighted by atomic mass is 9.73. The summed E-state index contributed by atoms with van der Waals surface area (Å²) in [5.41, 5.74) is 3.86. The number of pyridine rings is 1. The standard InChI is InChI=1S/C24H22Cl2FN3/c1-13(24-29-22-11-19(25)20(26)12-23(22)30-24)14-2-4-15(5-3-14)17-8-9-28-21-7-6-16(27)10-18(17)21/h6-15H,2-5H2,1H3,(H,29,30)/t13-,14-,15+/m1/s1. The molecule has 30 heavy (non-hydrogen) atoms. The number of aromatic amines is 1. The highest BCUT2D eigenvalue weighted by Crippen LogP contribution is 2.43. The minimum absolute atomic E-state index is 0.204. The van der Waals surface area contributed by atoms with E-state index in [0.29, 0.717) is 27.8 Å². The van der Waals surface area contributed by atoms with E-state index in [1.807, 2.05) is 18.3 Å². The van der Waals surface area contributed by atoms with Crippen molar-refractivity contribution in [2.45, 2.75) is 44.4 Å². The molecule has 6 heteroatoms. The molecule has 1 atom stereocenters. The number of imidazole rings is 1. The maximum absolute atomic E-state index is 13.8. The van der Waals surface area contributed by atoms with Gasteiger partial charge >= 0.3 is 0 Å². The Morgan fingerprint density at radius 2 is 1.77 bits per heavy atom. The molecule has 1 aliphatic carbocycles. The molecule has 0 amide bonds. The molecule has 0 bridgehead atoms. The van der Waals surface area contributed by atoms with Gasteiger partial charge < -0.3 is 4.98 Å². The van der Waals surface area contributed by atoms with Crippen molar-refractivity contribution >= 4 is 45.1 Å². The van der Waals surface area contributed by atoms with Crippen LogP contribution in [0.4, 0.5) is 4.39 Å². The minimum atomic E-state index is -0.204. The van der Waals surface area contributed by atoms with Crippen LogP contribution >= 0.6 is 23.2 Å². The Morgan fingerprint density at radius 1 is 1.00 bits per heavy atom. The normalized spacial score (nSPS) is 20.7. The lowest BCUT2D eigenvalue weighted by Crippen LogP contribution is -2.19. The van der Waals surface area contributed by atoms with Gasteiger partial charge in [0.15, 0.2) is 0 Å². The summed E-state index contributed by atoms with van der Waals surface area (Å²) < 4.78 is 13.8. The third kappa shape index (κ3) is 3.57. The topological polar surface area (TPSA) is 41.6 Å². The lowest BCUT2D eigenvalue weighted by molar-refractivity contribution is 0.286. The van der Waals surface area contributed by atoms with Gasteiger partial charge in [-0.15, -0.1) is 0 Å². The van der Waals surface area contributed by atoms with E-state index in [1.54, 1.807) is 12.1 Å². The molecule has 0 saturated heterocycles. The fraction of sp³-hybridized carbons (Fsp3) is 0.333. The summed E-state index contributed by atoms with van der Waals surface area (Å²) in [5, 5.41) is 2.00. The van der Waals surface area contributed by atoms with Crippen molar-refractivity contribution < 1.29 is 4.39 Å². The molecule has 1 fully saturated rings. The van der Waals surface area contributed by atoms with E-state index in [9.17, 15) is 4.39 Å². The van der Waals surface area contributed by atoms with Crippen LogP contribution in [0.2, 0.25) is 10.0 Å². The SMILES string of the molecule is C[C@@H](c1nc2cc(Cl)c(Cl)cc2[nH]1)[C@H]1CC[C@@H](c2ccnc3ccc(F)cc32)CC1. The van der Waals surface area contributed by atoms with E-state index in [0.717, 1.165) is 53.4 Å². The van der Waals surface area contributed by atoms with E-state index >= 15 is 0 Å². The fourth-order valence-electron chi connectivity index (χ4n) is 4.89. The number of benzene rings is 2. The Bertz CT molecular complexity index is 1190. The first-order chi connectivity index (χ1) is 14.5. The first-order valence-corrected chi connectivity index (χ1v) is 11.1. The number of fused-ring (bicyclic) bond motifs is 2. The van der Waals surface area contributed by atoms with E-state index < -0.39 is 0 Å². The van der Waals surface area contributed by atoms with E-state index in [-0.39, 0.29) is 5.82 Å². The molecular weight excluding hydrogens is 420 g/mol. The first-order valence-electron chi connectivity index (χ1n) is 10.4. The van der Waals surface area contributed by atoms with E-state index in [4.69, 9.17) is 28.2 Å². The van der Waals surface area contributed by atoms with Gasteiger partial charge in [0.2, 0.25) is 0 Å². The molecule has 3 nitrogen and oxygen atoms in total. The summed E-state index contributed by atoms with van der Waals surface area (Å²) in [6.07, 6.45) is 6.24. The molecule has 154 valence electrons. The number of rotatable bonds is 3. The summed E-state index contributed by atoms with van der Waals surface area (Å²) in [7, 11) is 0. The van der Waals surface area contributed by atoms with Gasteiger partial charge in [-0.05, 0) is 79.5 Å². The first kappa shape index (κ1) is 19.8. The van der Waals surface area contributed by atoms with E-state index in [2.05, 4.69) is 23.0 Å². The monoisotopic (exact) mass is 441 g/mol. The van der Waals surface area contributed by atoms with Gasteiger partial charge in [-0.2, -0.15) is 0 Å². The number of hydrogen-bond donors (Lipinski definition) is 1. The third-order valence-corrected chi connectivity index (χ3v) is 7.35. The lowest BCUT2D eigenvalue weighted by Gasteiger charge is -2.32. The molecular formula is C24H22Cl2FN3. The van der Waals surface area contributed by atoms with Crippen molar-refractivity contribution in [1.29, 1.82) is 0 Å². The zero-order chi connectivity index (χ0) is 20.8. The highest BCUT2D eigenvalue weighted by molar-refractivity contribution is 6.42. The van der Waals surface area contributed by atoms with Crippen molar-refractivity contribution in [2.24, 2.45) is 5.92 Å². The molecule has 0 unspecified atom stereocenters. The highest BCUT2D eigenvalue weighted by Gasteiger charge is 2.29. The summed E-state index contributed by atoms with van der Waals surface area (Å²) in [6, 6.07) is 10.6. The van der Waals surface area contributed by atoms with Crippen LogP contribution in [0.1, 0.15) is 55.8 Å². The molecule has 0 spiro atoms. The van der Waals surface area contributed by atoms with Crippen LogP contribution < -0.4 is 0 Å². The zero-order valence-corrected chi connectivity index (χ0v) is 18.1. The quantitative estimate of drug-likeness (QED) is 0.354. The van der Waals surface area contributed by atoms with Crippen molar-refractivity contribution in [1.82, 2.24) is 15.0 Å². The Hall–Kier alpha value is -2.17. The second-order valence-corrected chi connectivity index (χ2v) is 9.18. The average molecular weight is 442 g/mol. The summed E-state index contributed by atoms with van der Waals surface area (Å²) in [5.74, 6) is 2.10. The zero-order valence-electron chi connectivity index (χ0n) is 16.6. The average Bonchev–Trinajstić information content (AvgIpc) is 3.16. The summed E-state index contributed by atoms with van der Waals surface area (Å²) in [4.78, 5) is 12.6. The van der Waals surface area contributed by atoms with Crippen LogP contribution in [0.25, 0.3) is 21.9 Å². The number of nitrogens with zero attached hydrogens (tertiary/aromatic N) is 2. The molecule has 2 aromatic carbocycles. The molecule has 5 rings (SSSR count). The molecule has 1 aliphatic rings. The second kappa shape index (κ2) is 7.82. The van der Waals surface area contributed by atoms with Crippen LogP contribution in [0, 0.1) is 11.7 Å². The molecule has 2 heterocycles. The van der Waals surface area contributed by atoms with Crippen molar-refractivity contribution in [3.05, 3.63) is 69.8 Å². The summed E-state index contributed by atoms with van der Waals surface area (Å²) >= 11 is 12.3. The van der Waals surface area contributed by atoms with Gasteiger partial charge in [-0.25, -0.2) is 9.37 Å². The smallest absolute Gasteiger partial charge is 0.123 e. The number of aromatic nitrogens is 3. The third-order valence-electron chi connectivity index (χ3n) is 6.63. The molecule has 2 aromatic heterocycles. The van der Waals surface area contributed by atoms with Gasteiger partial charge in [-0.1, -0.05) is 30.1 Å². The molecule has 4 aromatic rings. The van der Waals surface area contributed by atoms with E-state index in [1.165, 1.54) is 11.6 Å². The van der Waals surface area contributed by atoms with Crippen LogP contribution in [-0.2, 0) is 0 Å². The predicted molar refractivity (Wildman–Crippen MR) is 121 cm³/mol. The largest absolute Gasteiger partial charge is 0.342 e. The molecule has 0 radical (unpaired) electrons. The van der Waals surface area contributed by atoms with Gasteiger partial charge in [-0.3, -0.25) is 4.98 Å². The Balaban J connectivity index is 1.34. The highest BCUT2D eigenvalue weighted by atomic mass is 35.5. The van der Waals surface area contributed by atoms with Crippen molar-refractivity contribution in [3.63, 3.8) is 0 Å². The number of hydrogen-bond acceptors (Lipinski definition) is 2. The Kier molecular flexibility index (Phi) is 5.16. The second-order valence-electron chi connectivity index (χ2n) is 8.37. The van der Waals surface area contributed by atoms with Gasteiger partial charge in [0.25, 0.3) is 0 Å². The molecule has 1 N–H and O–H groups in total. The van der Waals surface area contributed by atoms with Gasteiger partial charge in [0.1, 0.15) is 11.6 Å². The fourth-order valence-corrected chi connectivity index (χ4v) is 5.21. The van der Waals surface area contributed by atoms with Crippen molar-refractivity contribution in [2.75, 3.05) is 0 Å².